The van der Waals surface area contributed by atoms with Crippen LogP contribution in [0, 0.1) is 0 Å². The van der Waals surface area contributed by atoms with Crippen molar-refractivity contribution in [2.45, 2.75) is 38.0 Å². The van der Waals surface area contributed by atoms with Crippen molar-refractivity contribution in [3.63, 3.8) is 0 Å². The molecule has 0 bridgehead atoms. The first-order valence-electron chi connectivity index (χ1n) is 8.37. The molecule has 150 valence electrons. The van der Waals surface area contributed by atoms with E-state index in [2.05, 4.69) is 0 Å². The standard InChI is InChI=1S/C20H19F3O5/c1-12(2)14-6-8-16(9-7-14)28-19(17(24)25,18(26)27)11-13-4-3-5-15(10-13)20(21,22)23/h3-10,12H,11H2,1-2H3,(H,24,25)(H,26,27). The van der Waals surface area contributed by atoms with Crippen molar-refractivity contribution in [1.82, 2.24) is 0 Å². The average molecular weight is 396 g/mol. The fourth-order valence-corrected chi connectivity index (χ4v) is 2.63. The van der Waals surface area contributed by atoms with Gasteiger partial charge in [-0.25, -0.2) is 9.59 Å². The third-order valence-corrected chi connectivity index (χ3v) is 4.24. The zero-order valence-corrected chi connectivity index (χ0v) is 15.2. The van der Waals surface area contributed by atoms with E-state index in [4.69, 9.17) is 4.74 Å². The summed E-state index contributed by atoms with van der Waals surface area (Å²) in [4.78, 5) is 23.6. The van der Waals surface area contributed by atoms with Crippen LogP contribution in [0.5, 0.6) is 5.75 Å². The molecular weight excluding hydrogens is 377 g/mol. The van der Waals surface area contributed by atoms with E-state index in [1.165, 1.54) is 18.2 Å². The minimum Gasteiger partial charge on any atom is -0.478 e. The predicted octanol–water partition coefficient (Wildman–Crippen LogP) is 4.36. The second-order valence-electron chi connectivity index (χ2n) is 6.64. The summed E-state index contributed by atoms with van der Waals surface area (Å²) < 4.78 is 44.0. The van der Waals surface area contributed by atoms with Gasteiger partial charge in [0.25, 0.3) is 0 Å². The smallest absolute Gasteiger partial charge is 0.416 e. The molecule has 0 aliphatic heterocycles. The van der Waals surface area contributed by atoms with Crippen molar-refractivity contribution in [3.05, 3.63) is 65.2 Å². The minimum absolute atomic E-state index is 0.0128. The highest BCUT2D eigenvalue weighted by molar-refractivity contribution is 6.02. The van der Waals surface area contributed by atoms with Gasteiger partial charge in [-0.15, -0.1) is 0 Å². The van der Waals surface area contributed by atoms with Gasteiger partial charge in [0.1, 0.15) is 5.75 Å². The number of aliphatic carboxylic acids is 2. The zero-order chi connectivity index (χ0) is 21.1. The summed E-state index contributed by atoms with van der Waals surface area (Å²) in [7, 11) is 0. The Balaban J connectivity index is 2.41. The van der Waals surface area contributed by atoms with E-state index in [0.29, 0.717) is 6.07 Å². The lowest BCUT2D eigenvalue weighted by molar-refractivity contribution is -0.172. The third kappa shape index (κ3) is 4.62. The van der Waals surface area contributed by atoms with Crippen molar-refractivity contribution in [1.29, 1.82) is 0 Å². The van der Waals surface area contributed by atoms with Crippen molar-refractivity contribution >= 4 is 11.9 Å². The lowest BCUT2D eigenvalue weighted by atomic mass is 9.93. The van der Waals surface area contributed by atoms with E-state index in [0.717, 1.165) is 17.7 Å². The Hall–Kier alpha value is -3.03. The Morgan fingerprint density at radius 3 is 2.04 bits per heavy atom. The molecule has 0 atom stereocenters. The Morgan fingerprint density at radius 2 is 1.57 bits per heavy atom. The molecule has 2 aromatic carbocycles. The first-order chi connectivity index (χ1) is 13.0. The number of benzene rings is 2. The van der Waals surface area contributed by atoms with Gasteiger partial charge in [-0.3, -0.25) is 0 Å². The molecule has 0 spiro atoms. The molecule has 0 radical (unpaired) electrons. The maximum Gasteiger partial charge on any atom is 0.416 e. The highest BCUT2D eigenvalue weighted by Crippen LogP contribution is 2.31. The Labute approximate surface area is 159 Å². The lowest BCUT2D eigenvalue weighted by Gasteiger charge is -2.26. The second kappa shape index (κ2) is 7.92. The van der Waals surface area contributed by atoms with Crippen LogP contribution in [0.1, 0.15) is 36.5 Å². The second-order valence-corrected chi connectivity index (χ2v) is 6.64. The summed E-state index contributed by atoms with van der Waals surface area (Å²) >= 11 is 0. The number of ether oxygens (including phenoxy) is 1. The highest BCUT2D eigenvalue weighted by atomic mass is 19.4. The van der Waals surface area contributed by atoms with Gasteiger partial charge < -0.3 is 14.9 Å². The molecule has 28 heavy (non-hydrogen) atoms. The van der Waals surface area contributed by atoms with Crippen molar-refractivity contribution < 1.29 is 37.7 Å². The van der Waals surface area contributed by atoms with Crippen LogP contribution in [0.3, 0.4) is 0 Å². The van der Waals surface area contributed by atoms with Gasteiger partial charge in [0.05, 0.1) is 5.56 Å². The number of carboxylic acids is 2. The molecule has 0 unspecified atom stereocenters. The maximum atomic E-state index is 12.9. The van der Waals surface area contributed by atoms with Crippen LogP contribution in [0.4, 0.5) is 13.2 Å². The van der Waals surface area contributed by atoms with Crippen LogP contribution in [0.2, 0.25) is 0 Å². The van der Waals surface area contributed by atoms with Crippen LogP contribution in [0.25, 0.3) is 0 Å². The Bertz CT molecular complexity index is 843. The minimum atomic E-state index is -4.64. The van der Waals surface area contributed by atoms with E-state index in [9.17, 15) is 33.0 Å². The van der Waals surface area contributed by atoms with Crippen molar-refractivity contribution in [3.8, 4) is 5.75 Å². The molecule has 0 fully saturated rings. The molecule has 0 aliphatic rings. The molecule has 2 aromatic rings. The summed E-state index contributed by atoms with van der Waals surface area (Å²) in [6.45, 7) is 3.89. The predicted molar refractivity (Wildman–Crippen MR) is 94.3 cm³/mol. The molecule has 0 aliphatic carbocycles. The number of rotatable bonds is 7. The summed E-state index contributed by atoms with van der Waals surface area (Å²) in [5.74, 6) is -3.44. The van der Waals surface area contributed by atoms with Crippen molar-refractivity contribution in [2.75, 3.05) is 0 Å². The van der Waals surface area contributed by atoms with E-state index in [1.807, 2.05) is 13.8 Å². The first-order valence-corrected chi connectivity index (χ1v) is 8.37. The summed E-state index contributed by atoms with van der Waals surface area (Å²) in [5.41, 5.74) is -2.97. The van der Waals surface area contributed by atoms with Crippen LogP contribution in [-0.2, 0) is 22.2 Å². The van der Waals surface area contributed by atoms with E-state index >= 15 is 0 Å². The Kier molecular flexibility index (Phi) is 6.01. The van der Waals surface area contributed by atoms with E-state index in [1.54, 1.807) is 12.1 Å². The summed E-state index contributed by atoms with van der Waals surface area (Å²) in [5, 5.41) is 19.1. The van der Waals surface area contributed by atoms with E-state index < -0.39 is 35.7 Å². The number of hydrogen-bond donors (Lipinski definition) is 2. The van der Waals surface area contributed by atoms with Gasteiger partial charge in [-0.05, 0) is 35.2 Å². The molecule has 2 rings (SSSR count). The normalized spacial score (nSPS) is 12.1. The van der Waals surface area contributed by atoms with Gasteiger partial charge in [0.2, 0.25) is 0 Å². The van der Waals surface area contributed by atoms with Gasteiger partial charge in [0, 0.05) is 6.42 Å². The van der Waals surface area contributed by atoms with Gasteiger partial charge in [-0.1, -0.05) is 44.2 Å². The largest absolute Gasteiger partial charge is 0.478 e. The number of alkyl halides is 3. The maximum absolute atomic E-state index is 12.9. The van der Waals surface area contributed by atoms with Crippen LogP contribution >= 0.6 is 0 Å². The number of halogens is 3. The SMILES string of the molecule is CC(C)c1ccc(OC(Cc2cccc(C(F)(F)F)c2)(C(=O)O)C(=O)O)cc1. The molecule has 0 saturated carbocycles. The average Bonchev–Trinajstić information content (AvgIpc) is 2.60. The molecule has 5 nitrogen and oxygen atoms in total. The summed E-state index contributed by atoms with van der Waals surface area (Å²) in [6, 6.07) is 10.0. The fraction of sp³-hybridized carbons (Fsp3) is 0.300. The number of carbonyl (C=O) groups is 2. The first kappa shape index (κ1) is 21.3. The fourth-order valence-electron chi connectivity index (χ4n) is 2.63. The molecule has 8 heteroatoms. The highest BCUT2D eigenvalue weighted by Gasteiger charge is 2.50. The van der Waals surface area contributed by atoms with Crippen molar-refractivity contribution in [2.24, 2.45) is 0 Å². The molecule has 0 saturated heterocycles. The van der Waals surface area contributed by atoms with Gasteiger partial charge >= 0.3 is 23.7 Å². The molecule has 0 aromatic heterocycles. The lowest BCUT2D eigenvalue weighted by Crippen LogP contribution is -2.53. The molecule has 2 N–H and O–H groups in total. The zero-order valence-electron chi connectivity index (χ0n) is 15.2. The Morgan fingerprint density at radius 1 is 1.00 bits per heavy atom. The molecule has 0 heterocycles. The van der Waals surface area contributed by atoms with Crippen LogP contribution in [-0.4, -0.2) is 27.8 Å². The topological polar surface area (TPSA) is 83.8 Å². The quantitative estimate of drug-likeness (QED) is 0.680. The monoisotopic (exact) mass is 396 g/mol. The van der Waals surface area contributed by atoms with Gasteiger partial charge in [0.15, 0.2) is 0 Å². The van der Waals surface area contributed by atoms with Gasteiger partial charge in [-0.2, -0.15) is 13.2 Å². The van der Waals surface area contributed by atoms with Crippen LogP contribution < -0.4 is 4.74 Å². The van der Waals surface area contributed by atoms with E-state index in [-0.39, 0.29) is 17.2 Å². The number of carboxylic acid groups (broad SMARTS) is 2. The summed E-state index contributed by atoms with van der Waals surface area (Å²) in [6.07, 6.45) is -5.42. The molecule has 0 amide bonds. The third-order valence-electron chi connectivity index (χ3n) is 4.24. The van der Waals surface area contributed by atoms with Crippen LogP contribution in [0.15, 0.2) is 48.5 Å². The number of hydrogen-bond acceptors (Lipinski definition) is 3. The molecular formula is C20H19F3O5.